The third-order valence-corrected chi connectivity index (χ3v) is 1.62. The largest absolute Gasteiger partial charge is 0.352 e. The van der Waals surface area contributed by atoms with E-state index in [4.69, 9.17) is 0 Å². The first kappa shape index (κ1) is 7.79. The standard InChI is InChI=1S/C9H11NO/c1-8(10-7-11)9-5-3-2-4-6-9/h2-8H,1H3,(H,10,11). The van der Waals surface area contributed by atoms with Gasteiger partial charge < -0.3 is 5.32 Å². The first-order chi connectivity index (χ1) is 5.34. The van der Waals surface area contributed by atoms with E-state index < -0.39 is 0 Å². The summed E-state index contributed by atoms with van der Waals surface area (Å²) < 4.78 is 0. The molecular formula is C9H11NO. The first-order valence-corrected chi connectivity index (χ1v) is 3.59. The second kappa shape index (κ2) is 3.76. The molecule has 0 aromatic heterocycles. The fourth-order valence-electron chi connectivity index (χ4n) is 0.940. The number of benzene rings is 1. The van der Waals surface area contributed by atoms with E-state index in [-0.39, 0.29) is 6.04 Å². The second-order valence-corrected chi connectivity index (χ2v) is 2.42. The van der Waals surface area contributed by atoms with Crippen molar-refractivity contribution in [3.8, 4) is 0 Å². The van der Waals surface area contributed by atoms with E-state index in [0.717, 1.165) is 12.0 Å². The van der Waals surface area contributed by atoms with Crippen LogP contribution in [0.1, 0.15) is 18.5 Å². The van der Waals surface area contributed by atoms with Crippen molar-refractivity contribution in [2.45, 2.75) is 13.0 Å². The van der Waals surface area contributed by atoms with E-state index in [0.29, 0.717) is 0 Å². The normalized spacial score (nSPS) is 12.1. The van der Waals surface area contributed by atoms with Crippen LogP contribution in [-0.2, 0) is 4.79 Å². The molecule has 1 aromatic carbocycles. The summed E-state index contributed by atoms with van der Waals surface area (Å²) in [5.41, 5.74) is 1.12. The van der Waals surface area contributed by atoms with Gasteiger partial charge >= 0.3 is 0 Å². The molecule has 1 unspecified atom stereocenters. The van der Waals surface area contributed by atoms with Crippen LogP contribution in [-0.4, -0.2) is 6.41 Å². The lowest BCUT2D eigenvalue weighted by Crippen LogP contribution is -2.15. The maximum atomic E-state index is 10.1. The molecule has 0 bridgehead atoms. The molecule has 0 aliphatic carbocycles. The van der Waals surface area contributed by atoms with Crippen LogP contribution in [0, 0.1) is 0 Å². The minimum absolute atomic E-state index is 0.105. The Labute approximate surface area is 66.2 Å². The van der Waals surface area contributed by atoms with Gasteiger partial charge in [0, 0.05) is 0 Å². The molecule has 58 valence electrons. The minimum Gasteiger partial charge on any atom is -0.352 e. The van der Waals surface area contributed by atoms with Gasteiger partial charge in [0.05, 0.1) is 6.04 Å². The number of nitrogens with one attached hydrogen (secondary N) is 1. The van der Waals surface area contributed by atoms with Gasteiger partial charge in [0.2, 0.25) is 6.41 Å². The van der Waals surface area contributed by atoms with Gasteiger partial charge in [-0.3, -0.25) is 4.79 Å². The molecule has 0 aliphatic rings. The summed E-state index contributed by atoms with van der Waals surface area (Å²) in [6, 6.07) is 9.95. The van der Waals surface area contributed by atoms with Crippen LogP contribution in [0.4, 0.5) is 0 Å². The maximum Gasteiger partial charge on any atom is 0.207 e. The summed E-state index contributed by atoms with van der Waals surface area (Å²) in [5, 5.41) is 2.68. The summed E-state index contributed by atoms with van der Waals surface area (Å²) in [4.78, 5) is 10.1. The van der Waals surface area contributed by atoms with Crippen LogP contribution in [0.15, 0.2) is 30.3 Å². The third-order valence-electron chi connectivity index (χ3n) is 1.62. The van der Waals surface area contributed by atoms with Gasteiger partial charge in [-0.2, -0.15) is 0 Å². The molecule has 1 aromatic rings. The van der Waals surface area contributed by atoms with E-state index in [1.165, 1.54) is 0 Å². The Morgan fingerprint density at radius 3 is 2.55 bits per heavy atom. The molecule has 1 amide bonds. The zero-order valence-electron chi connectivity index (χ0n) is 6.45. The number of hydrogen-bond donors (Lipinski definition) is 1. The Kier molecular flexibility index (Phi) is 2.66. The van der Waals surface area contributed by atoms with Gasteiger partial charge in [-0.15, -0.1) is 0 Å². The Hall–Kier alpha value is -1.31. The molecule has 0 heterocycles. The molecule has 0 spiro atoms. The Balaban J connectivity index is 2.68. The summed E-state index contributed by atoms with van der Waals surface area (Å²) in [5.74, 6) is 0. The number of carbonyl (C=O) groups excluding carboxylic acids is 1. The number of carbonyl (C=O) groups is 1. The monoisotopic (exact) mass is 149 g/mol. The van der Waals surface area contributed by atoms with Crippen molar-refractivity contribution >= 4 is 6.41 Å². The van der Waals surface area contributed by atoms with E-state index in [9.17, 15) is 4.79 Å². The number of rotatable bonds is 3. The molecule has 1 rings (SSSR count). The summed E-state index contributed by atoms with van der Waals surface area (Å²) >= 11 is 0. The van der Waals surface area contributed by atoms with Crippen LogP contribution in [0.2, 0.25) is 0 Å². The molecule has 11 heavy (non-hydrogen) atoms. The van der Waals surface area contributed by atoms with Gasteiger partial charge in [-0.1, -0.05) is 30.3 Å². The van der Waals surface area contributed by atoms with E-state index in [1.807, 2.05) is 37.3 Å². The van der Waals surface area contributed by atoms with Gasteiger partial charge in [-0.05, 0) is 12.5 Å². The highest BCUT2D eigenvalue weighted by Crippen LogP contribution is 2.09. The van der Waals surface area contributed by atoms with Crippen LogP contribution < -0.4 is 5.32 Å². The molecule has 0 saturated carbocycles. The van der Waals surface area contributed by atoms with Crippen LogP contribution in [0.3, 0.4) is 0 Å². The van der Waals surface area contributed by atoms with Gasteiger partial charge in [0.25, 0.3) is 0 Å². The van der Waals surface area contributed by atoms with E-state index in [1.54, 1.807) is 0 Å². The molecule has 2 nitrogen and oxygen atoms in total. The molecule has 0 saturated heterocycles. The molecule has 0 aliphatic heterocycles. The van der Waals surface area contributed by atoms with Gasteiger partial charge in [-0.25, -0.2) is 0 Å². The lowest BCUT2D eigenvalue weighted by molar-refractivity contribution is -0.110. The van der Waals surface area contributed by atoms with Crippen molar-refractivity contribution in [3.63, 3.8) is 0 Å². The van der Waals surface area contributed by atoms with Crippen molar-refractivity contribution in [3.05, 3.63) is 35.9 Å². The number of amides is 1. The molecule has 1 atom stereocenters. The smallest absolute Gasteiger partial charge is 0.207 e. The number of hydrogen-bond acceptors (Lipinski definition) is 1. The SMILES string of the molecule is CC(NC=O)c1ccccc1. The highest BCUT2D eigenvalue weighted by molar-refractivity contribution is 5.47. The highest BCUT2D eigenvalue weighted by Gasteiger charge is 1.99. The zero-order chi connectivity index (χ0) is 8.10. The van der Waals surface area contributed by atoms with Crippen molar-refractivity contribution in [2.75, 3.05) is 0 Å². The van der Waals surface area contributed by atoms with Crippen molar-refractivity contribution < 1.29 is 4.79 Å². The van der Waals surface area contributed by atoms with Crippen molar-refractivity contribution in [1.29, 1.82) is 0 Å². The predicted molar refractivity (Wildman–Crippen MR) is 44.1 cm³/mol. The highest BCUT2D eigenvalue weighted by atomic mass is 16.1. The summed E-state index contributed by atoms with van der Waals surface area (Å²) in [6.07, 6.45) is 0.720. The van der Waals surface area contributed by atoms with E-state index in [2.05, 4.69) is 5.32 Å². The average Bonchev–Trinajstić information content (AvgIpc) is 2.07. The van der Waals surface area contributed by atoms with Gasteiger partial charge in [0.1, 0.15) is 0 Å². The Morgan fingerprint density at radius 2 is 2.00 bits per heavy atom. The first-order valence-electron chi connectivity index (χ1n) is 3.59. The van der Waals surface area contributed by atoms with Crippen LogP contribution in [0.25, 0.3) is 0 Å². The lowest BCUT2D eigenvalue weighted by atomic mass is 10.1. The van der Waals surface area contributed by atoms with Crippen molar-refractivity contribution in [1.82, 2.24) is 5.32 Å². The fourth-order valence-corrected chi connectivity index (χ4v) is 0.940. The average molecular weight is 149 g/mol. The zero-order valence-corrected chi connectivity index (χ0v) is 6.45. The van der Waals surface area contributed by atoms with Crippen molar-refractivity contribution in [2.24, 2.45) is 0 Å². The Bertz CT molecular complexity index is 220. The molecular weight excluding hydrogens is 138 g/mol. The predicted octanol–water partition coefficient (Wildman–Crippen LogP) is 1.49. The quantitative estimate of drug-likeness (QED) is 0.648. The van der Waals surface area contributed by atoms with Crippen LogP contribution >= 0.6 is 0 Å². The summed E-state index contributed by atoms with van der Waals surface area (Å²) in [6.45, 7) is 1.95. The fraction of sp³-hybridized carbons (Fsp3) is 0.222. The third kappa shape index (κ3) is 2.08. The maximum absolute atomic E-state index is 10.1. The second-order valence-electron chi connectivity index (χ2n) is 2.42. The molecule has 0 fully saturated rings. The Morgan fingerprint density at radius 1 is 1.36 bits per heavy atom. The molecule has 1 N–H and O–H groups in total. The topological polar surface area (TPSA) is 29.1 Å². The summed E-state index contributed by atoms with van der Waals surface area (Å²) in [7, 11) is 0. The molecule has 0 radical (unpaired) electrons. The van der Waals surface area contributed by atoms with Gasteiger partial charge in [0.15, 0.2) is 0 Å². The minimum atomic E-state index is 0.105. The lowest BCUT2D eigenvalue weighted by Gasteiger charge is -2.08. The molecule has 2 heteroatoms. The van der Waals surface area contributed by atoms with E-state index >= 15 is 0 Å². The van der Waals surface area contributed by atoms with Crippen LogP contribution in [0.5, 0.6) is 0 Å².